The van der Waals surface area contributed by atoms with Crippen molar-refractivity contribution in [3.05, 3.63) is 66.7 Å². The minimum atomic E-state index is -0.0762. The number of anilines is 2. The summed E-state index contributed by atoms with van der Waals surface area (Å²) < 4.78 is 1.74. The SMILES string of the molecule is CC(=O)c1ccc2c(c1)N(C(=O)Cn1ccnc1)c1ccccc1S2. The molecule has 0 bridgehead atoms. The van der Waals surface area contributed by atoms with E-state index in [0.717, 1.165) is 21.2 Å². The van der Waals surface area contributed by atoms with Crippen molar-refractivity contribution >= 4 is 34.8 Å². The van der Waals surface area contributed by atoms with Gasteiger partial charge in [-0.15, -0.1) is 0 Å². The van der Waals surface area contributed by atoms with Gasteiger partial charge in [-0.1, -0.05) is 30.0 Å². The number of amides is 1. The standard InChI is InChI=1S/C19H15N3O2S/c1-13(23)14-6-7-18-16(10-14)22(15-4-2-3-5-17(15)25-18)19(24)11-21-9-8-20-12-21/h2-10,12H,11H2,1H3. The molecule has 0 saturated carbocycles. The van der Waals surface area contributed by atoms with Gasteiger partial charge in [0, 0.05) is 27.7 Å². The van der Waals surface area contributed by atoms with Crippen LogP contribution in [0.3, 0.4) is 0 Å². The molecule has 1 aromatic heterocycles. The number of benzene rings is 2. The fraction of sp³-hybridized carbons (Fsp3) is 0.105. The molecule has 3 aromatic rings. The Hall–Kier alpha value is -2.86. The van der Waals surface area contributed by atoms with Crippen LogP contribution in [0, 0.1) is 0 Å². The van der Waals surface area contributed by atoms with Crippen molar-refractivity contribution in [2.45, 2.75) is 23.3 Å². The lowest BCUT2D eigenvalue weighted by atomic mass is 10.1. The number of carbonyl (C=O) groups is 2. The highest BCUT2D eigenvalue weighted by molar-refractivity contribution is 7.99. The van der Waals surface area contributed by atoms with Crippen molar-refractivity contribution in [3.8, 4) is 0 Å². The summed E-state index contributed by atoms with van der Waals surface area (Å²) in [6.45, 7) is 1.71. The molecule has 6 heteroatoms. The number of rotatable bonds is 3. The molecule has 2 heterocycles. The van der Waals surface area contributed by atoms with Gasteiger partial charge in [-0.3, -0.25) is 14.5 Å². The average Bonchev–Trinajstić information content (AvgIpc) is 3.11. The molecule has 0 atom stereocenters. The molecule has 0 saturated heterocycles. The van der Waals surface area contributed by atoms with E-state index in [-0.39, 0.29) is 18.2 Å². The Morgan fingerprint density at radius 1 is 1.08 bits per heavy atom. The summed E-state index contributed by atoms with van der Waals surface area (Å²) in [5.41, 5.74) is 2.19. The Bertz CT molecular complexity index is 967. The minimum absolute atomic E-state index is 0.0198. The van der Waals surface area contributed by atoms with Crippen molar-refractivity contribution in [1.29, 1.82) is 0 Å². The van der Waals surface area contributed by atoms with E-state index in [9.17, 15) is 9.59 Å². The van der Waals surface area contributed by atoms with E-state index in [1.165, 1.54) is 6.92 Å². The van der Waals surface area contributed by atoms with Gasteiger partial charge in [-0.25, -0.2) is 4.98 Å². The Balaban J connectivity index is 1.82. The molecule has 0 unspecified atom stereocenters. The van der Waals surface area contributed by atoms with Gasteiger partial charge >= 0.3 is 0 Å². The van der Waals surface area contributed by atoms with Crippen molar-refractivity contribution < 1.29 is 9.59 Å². The quantitative estimate of drug-likeness (QED) is 0.673. The molecule has 0 N–H and O–H groups in total. The van der Waals surface area contributed by atoms with Gasteiger partial charge in [-0.2, -0.15) is 0 Å². The Kier molecular flexibility index (Phi) is 3.89. The highest BCUT2D eigenvalue weighted by Crippen LogP contribution is 2.48. The molecule has 124 valence electrons. The van der Waals surface area contributed by atoms with Crippen LogP contribution in [0.2, 0.25) is 0 Å². The third kappa shape index (κ3) is 2.85. The Morgan fingerprint density at radius 3 is 2.64 bits per heavy atom. The number of hydrogen-bond acceptors (Lipinski definition) is 4. The summed E-state index contributed by atoms with van der Waals surface area (Å²) in [7, 11) is 0. The first-order valence-corrected chi connectivity index (χ1v) is 8.66. The van der Waals surface area contributed by atoms with Crippen molar-refractivity contribution in [2.24, 2.45) is 0 Å². The normalized spacial score (nSPS) is 12.4. The smallest absolute Gasteiger partial charge is 0.251 e. The van der Waals surface area contributed by atoms with Gasteiger partial charge in [0.15, 0.2) is 5.78 Å². The second-order valence-electron chi connectivity index (χ2n) is 5.77. The molecule has 4 rings (SSSR count). The Morgan fingerprint density at radius 2 is 1.88 bits per heavy atom. The van der Waals surface area contributed by atoms with Crippen LogP contribution in [0.4, 0.5) is 11.4 Å². The highest BCUT2D eigenvalue weighted by Gasteiger charge is 2.28. The van der Waals surface area contributed by atoms with Crippen LogP contribution < -0.4 is 4.90 Å². The van der Waals surface area contributed by atoms with Crippen LogP contribution in [-0.2, 0) is 11.3 Å². The monoisotopic (exact) mass is 349 g/mol. The van der Waals surface area contributed by atoms with E-state index in [0.29, 0.717) is 5.56 Å². The number of nitrogens with zero attached hydrogens (tertiary/aromatic N) is 3. The molecule has 0 radical (unpaired) electrons. The van der Waals surface area contributed by atoms with Crippen LogP contribution in [0.15, 0.2) is 71.0 Å². The molecule has 1 aliphatic heterocycles. The molecule has 1 aliphatic rings. The first-order chi connectivity index (χ1) is 12.1. The third-order valence-corrected chi connectivity index (χ3v) is 5.19. The van der Waals surface area contributed by atoms with Crippen LogP contribution in [0.25, 0.3) is 0 Å². The van der Waals surface area contributed by atoms with E-state index in [4.69, 9.17) is 0 Å². The lowest BCUT2D eigenvalue weighted by Crippen LogP contribution is -2.31. The van der Waals surface area contributed by atoms with Crippen molar-refractivity contribution in [3.63, 3.8) is 0 Å². The summed E-state index contributed by atoms with van der Waals surface area (Å²) in [5, 5.41) is 0. The molecule has 5 nitrogen and oxygen atoms in total. The molecule has 0 spiro atoms. The van der Waals surface area contributed by atoms with Crippen LogP contribution >= 0.6 is 11.8 Å². The summed E-state index contributed by atoms with van der Waals surface area (Å²) in [5.74, 6) is -0.0960. The van der Waals surface area contributed by atoms with Crippen LogP contribution in [0.5, 0.6) is 0 Å². The van der Waals surface area contributed by atoms with Gasteiger partial charge < -0.3 is 4.57 Å². The number of imidazole rings is 1. The molecule has 1 amide bonds. The van der Waals surface area contributed by atoms with E-state index in [1.54, 1.807) is 52.1 Å². The van der Waals surface area contributed by atoms with Gasteiger partial charge in [0.2, 0.25) is 0 Å². The van der Waals surface area contributed by atoms with Gasteiger partial charge in [0.25, 0.3) is 5.91 Å². The van der Waals surface area contributed by atoms with Gasteiger partial charge in [0.1, 0.15) is 6.54 Å². The number of Topliss-reactive ketones (excluding diaryl/α,β-unsaturated/α-hetero) is 1. The highest BCUT2D eigenvalue weighted by atomic mass is 32.2. The topological polar surface area (TPSA) is 55.2 Å². The third-order valence-electron chi connectivity index (χ3n) is 4.06. The van der Waals surface area contributed by atoms with Crippen LogP contribution in [-0.4, -0.2) is 21.2 Å². The number of hydrogen-bond donors (Lipinski definition) is 0. The minimum Gasteiger partial charge on any atom is -0.328 e. The molecular weight excluding hydrogens is 334 g/mol. The maximum Gasteiger partial charge on any atom is 0.251 e. The Labute approximate surface area is 149 Å². The van der Waals surface area contributed by atoms with E-state index < -0.39 is 0 Å². The fourth-order valence-electron chi connectivity index (χ4n) is 2.85. The second-order valence-corrected chi connectivity index (χ2v) is 6.86. The lowest BCUT2D eigenvalue weighted by molar-refractivity contribution is -0.118. The van der Waals surface area contributed by atoms with Gasteiger partial charge in [-0.05, 0) is 31.2 Å². The van der Waals surface area contributed by atoms with Crippen molar-refractivity contribution in [2.75, 3.05) is 4.90 Å². The molecule has 0 fully saturated rings. The van der Waals surface area contributed by atoms with Crippen molar-refractivity contribution in [1.82, 2.24) is 9.55 Å². The van der Waals surface area contributed by atoms with Crippen LogP contribution in [0.1, 0.15) is 17.3 Å². The second kappa shape index (κ2) is 6.22. The predicted molar refractivity (Wildman–Crippen MR) is 96.4 cm³/mol. The number of para-hydroxylation sites is 1. The summed E-state index contributed by atoms with van der Waals surface area (Å²) in [6.07, 6.45) is 5.03. The first-order valence-electron chi connectivity index (χ1n) is 7.84. The largest absolute Gasteiger partial charge is 0.328 e. The first kappa shape index (κ1) is 15.7. The zero-order valence-electron chi connectivity index (χ0n) is 13.5. The lowest BCUT2D eigenvalue weighted by Gasteiger charge is -2.31. The van der Waals surface area contributed by atoms with Gasteiger partial charge in [0.05, 0.1) is 17.7 Å². The van der Waals surface area contributed by atoms with E-state index >= 15 is 0 Å². The number of carbonyl (C=O) groups excluding carboxylic acids is 2. The van der Waals surface area contributed by atoms with E-state index in [2.05, 4.69) is 4.98 Å². The maximum atomic E-state index is 13.1. The maximum absolute atomic E-state index is 13.1. The number of aromatic nitrogens is 2. The predicted octanol–water partition coefficient (Wildman–Crippen LogP) is 3.92. The molecule has 25 heavy (non-hydrogen) atoms. The zero-order valence-corrected chi connectivity index (χ0v) is 14.4. The number of fused-ring (bicyclic) bond motifs is 2. The summed E-state index contributed by atoms with van der Waals surface area (Å²) >= 11 is 1.61. The molecule has 2 aromatic carbocycles. The van der Waals surface area contributed by atoms with E-state index in [1.807, 2.05) is 30.3 Å². The number of ketones is 1. The summed E-state index contributed by atoms with van der Waals surface area (Å²) in [4.78, 5) is 32.5. The molecule has 0 aliphatic carbocycles. The fourth-order valence-corrected chi connectivity index (χ4v) is 3.89. The average molecular weight is 349 g/mol. The molecular formula is C19H15N3O2S. The zero-order chi connectivity index (χ0) is 17.4. The summed E-state index contributed by atoms with van der Waals surface area (Å²) in [6, 6.07) is 13.3.